The molecule has 8 heteroatoms. The van der Waals surface area contributed by atoms with Crippen molar-refractivity contribution in [3.05, 3.63) is 100 Å². The second-order valence-corrected chi connectivity index (χ2v) is 12.3. The summed E-state index contributed by atoms with van der Waals surface area (Å²) in [6, 6.07) is 24.2. The van der Waals surface area contributed by atoms with Crippen LogP contribution in [0.5, 0.6) is 0 Å². The molecule has 0 N–H and O–H groups in total. The van der Waals surface area contributed by atoms with Crippen LogP contribution in [-0.2, 0) is 14.6 Å². The van der Waals surface area contributed by atoms with Crippen LogP contribution >= 0.6 is 23.2 Å². The maximum Gasteiger partial charge on any atom is 0.244 e. The van der Waals surface area contributed by atoms with Crippen LogP contribution in [0, 0.1) is 0 Å². The molecule has 0 bridgehead atoms. The standard InChI is InChI=1S/C27H26Cl2N2O3S/c28-22-8-6-21(7-9-22)25(20-4-2-1-3-5-20)30-16-18-31(19-17-30)26(32)27(14-15-27)35(33,34)24-12-10-23(29)11-13-24/h1-13,25H,14-19H2/t25-/m1/s1. The maximum atomic E-state index is 13.5. The minimum Gasteiger partial charge on any atom is -0.339 e. The van der Waals surface area contributed by atoms with E-state index in [1.165, 1.54) is 17.7 Å². The highest BCUT2D eigenvalue weighted by Gasteiger charge is 2.62. The van der Waals surface area contributed by atoms with E-state index in [0.29, 0.717) is 49.1 Å². The topological polar surface area (TPSA) is 57.7 Å². The zero-order valence-electron chi connectivity index (χ0n) is 19.1. The minimum atomic E-state index is -3.79. The number of benzene rings is 3. The summed E-state index contributed by atoms with van der Waals surface area (Å²) in [5.41, 5.74) is 2.29. The fourth-order valence-corrected chi connectivity index (χ4v) is 7.11. The second kappa shape index (κ2) is 9.58. The third-order valence-electron chi connectivity index (χ3n) is 7.00. The van der Waals surface area contributed by atoms with Gasteiger partial charge in [-0.1, -0.05) is 65.7 Å². The molecule has 1 heterocycles. The molecule has 0 aromatic heterocycles. The van der Waals surface area contributed by atoms with E-state index in [-0.39, 0.29) is 16.8 Å². The lowest BCUT2D eigenvalue weighted by molar-refractivity contribution is -0.133. The minimum absolute atomic E-state index is 0.0263. The number of carbonyl (C=O) groups excluding carboxylic acids is 1. The molecule has 0 spiro atoms. The van der Waals surface area contributed by atoms with E-state index in [2.05, 4.69) is 17.0 Å². The Morgan fingerprint density at radius 2 is 1.26 bits per heavy atom. The molecule has 2 aliphatic rings. The molecule has 1 saturated heterocycles. The second-order valence-electron chi connectivity index (χ2n) is 9.14. The Morgan fingerprint density at radius 3 is 1.80 bits per heavy atom. The number of amides is 1. The first-order valence-electron chi connectivity index (χ1n) is 11.7. The molecule has 5 nitrogen and oxygen atoms in total. The molecule has 2 fully saturated rings. The van der Waals surface area contributed by atoms with Crippen molar-refractivity contribution in [3.8, 4) is 0 Å². The Labute approximate surface area is 216 Å². The van der Waals surface area contributed by atoms with Gasteiger partial charge < -0.3 is 4.90 Å². The molecule has 3 aromatic rings. The van der Waals surface area contributed by atoms with Crippen LogP contribution in [0.2, 0.25) is 10.0 Å². The van der Waals surface area contributed by atoms with Crippen LogP contribution in [0.25, 0.3) is 0 Å². The van der Waals surface area contributed by atoms with E-state index in [4.69, 9.17) is 23.2 Å². The Hall–Kier alpha value is -2.38. The number of carbonyl (C=O) groups is 1. The normalized spacial score (nSPS) is 18.7. The summed E-state index contributed by atoms with van der Waals surface area (Å²) in [6.45, 7) is 2.25. The van der Waals surface area contributed by atoms with Gasteiger partial charge in [-0.25, -0.2) is 8.42 Å². The van der Waals surface area contributed by atoms with Crippen LogP contribution in [0.4, 0.5) is 0 Å². The molecule has 1 aliphatic carbocycles. The Morgan fingerprint density at radius 1 is 0.743 bits per heavy atom. The number of sulfone groups is 1. The number of piperazine rings is 1. The maximum absolute atomic E-state index is 13.5. The predicted molar refractivity (Wildman–Crippen MR) is 138 cm³/mol. The van der Waals surface area contributed by atoms with Gasteiger partial charge in [-0.2, -0.15) is 0 Å². The van der Waals surface area contributed by atoms with Gasteiger partial charge in [0.2, 0.25) is 5.91 Å². The molecule has 1 amide bonds. The Bertz CT molecular complexity index is 1300. The summed E-state index contributed by atoms with van der Waals surface area (Å²) in [5.74, 6) is -0.283. The first-order valence-corrected chi connectivity index (χ1v) is 13.9. The Kier molecular flexibility index (Phi) is 6.66. The smallest absolute Gasteiger partial charge is 0.244 e. The van der Waals surface area contributed by atoms with Crippen molar-refractivity contribution in [1.29, 1.82) is 0 Å². The first-order chi connectivity index (χ1) is 16.8. The number of rotatable bonds is 6. The van der Waals surface area contributed by atoms with E-state index in [0.717, 1.165) is 5.56 Å². The van der Waals surface area contributed by atoms with Crippen LogP contribution in [0.3, 0.4) is 0 Å². The molecule has 5 rings (SSSR count). The molecule has 0 radical (unpaired) electrons. The van der Waals surface area contributed by atoms with Crippen molar-refractivity contribution < 1.29 is 13.2 Å². The predicted octanol–water partition coefficient (Wildman–Crippen LogP) is 5.23. The number of halogens is 2. The molecule has 182 valence electrons. The quantitative estimate of drug-likeness (QED) is 0.439. The zero-order valence-corrected chi connectivity index (χ0v) is 21.4. The van der Waals surface area contributed by atoms with Crippen molar-refractivity contribution in [3.63, 3.8) is 0 Å². The van der Waals surface area contributed by atoms with Gasteiger partial charge in [0.15, 0.2) is 14.6 Å². The third kappa shape index (κ3) is 4.60. The van der Waals surface area contributed by atoms with Crippen LogP contribution in [0.1, 0.15) is 30.0 Å². The highest BCUT2D eigenvalue weighted by Crippen LogP contribution is 2.48. The number of hydrogen-bond acceptors (Lipinski definition) is 4. The van der Waals surface area contributed by atoms with E-state index < -0.39 is 14.6 Å². The first kappa shape index (κ1) is 24.3. The van der Waals surface area contributed by atoms with Crippen LogP contribution < -0.4 is 0 Å². The summed E-state index contributed by atoms with van der Waals surface area (Å²) in [6.07, 6.45) is 0.711. The van der Waals surface area contributed by atoms with Crippen molar-refractivity contribution in [2.24, 2.45) is 0 Å². The summed E-state index contributed by atoms with van der Waals surface area (Å²) in [5, 5.41) is 1.15. The fraction of sp³-hybridized carbons (Fsp3) is 0.296. The molecular formula is C27H26Cl2N2O3S. The average Bonchev–Trinajstić information content (AvgIpc) is 3.69. The van der Waals surface area contributed by atoms with Gasteiger partial charge in [0, 0.05) is 36.2 Å². The molecule has 0 unspecified atom stereocenters. The van der Waals surface area contributed by atoms with Gasteiger partial charge in [-0.15, -0.1) is 0 Å². The lowest BCUT2D eigenvalue weighted by Gasteiger charge is -2.40. The van der Waals surface area contributed by atoms with Gasteiger partial charge in [0.1, 0.15) is 0 Å². The highest BCUT2D eigenvalue weighted by molar-refractivity contribution is 7.94. The SMILES string of the molecule is O=C(N1CCN([C@H](c2ccccc2)c2ccc(Cl)cc2)CC1)C1(S(=O)(=O)c2ccc(Cl)cc2)CC1. The molecule has 1 saturated carbocycles. The third-order valence-corrected chi connectivity index (χ3v) is 10.0. The van der Waals surface area contributed by atoms with Gasteiger partial charge >= 0.3 is 0 Å². The average molecular weight is 529 g/mol. The van der Waals surface area contributed by atoms with Gasteiger partial charge in [-0.3, -0.25) is 9.69 Å². The largest absolute Gasteiger partial charge is 0.339 e. The van der Waals surface area contributed by atoms with Gasteiger partial charge in [-0.05, 0) is 60.4 Å². The van der Waals surface area contributed by atoms with E-state index >= 15 is 0 Å². The Balaban J connectivity index is 1.34. The van der Waals surface area contributed by atoms with E-state index in [1.807, 2.05) is 42.5 Å². The molecule has 1 aliphatic heterocycles. The fourth-order valence-electron chi connectivity index (χ4n) is 4.92. The summed E-state index contributed by atoms with van der Waals surface area (Å²) >= 11 is 12.1. The highest BCUT2D eigenvalue weighted by atomic mass is 35.5. The van der Waals surface area contributed by atoms with Crippen molar-refractivity contribution >= 4 is 38.9 Å². The molecule has 1 atom stereocenters. The van der Waals surface area contributed by atoms with E-state index in [9.17, 15) is 13.2 Å². The van der Waals surface area contributed by atoms with E-state index in [1.54, 1.807) is 17.0 Å². The van der Waals surface area contributed by atoms with Crippen LogP contribution in [0.15, 0.2) is 83.8 Å². The van der Waals surface area contributed by atoms with Crippen LogP contribution in [-0.4, -0.2) is 55.1 Å². The molecule has 35 heavy (non-hydrogen) atoms. The monoisotopic (exact) mass is 528 g/mol. The van der Waals surface area contributed by atoms with Crippen molar-refractivity contribution in [2.75, 3.05) is 26.2 Å². The van der Waals surface area contributed by atoms with Gasteiger partial charge in [0.25, 0.3) is 0 Å². The lowest BCUT2D eigenvalue weighted by Crippen LogP contribution is -2.54. The number of nitrogens with zero attached hydrogens (tertiary/aromatic N) is 2. The summed E-state index contributed by atoms with van der Waals surface area (Å²) in [7, 11) is -3.79. The summed E-state index contributed by atoms with van der Waals surface area (Å²) < 4.78 is 25.4. The molecular weight excluding hydrogens is 503 g/mol. The summed E-state index contributed by atoms with van der Waals surface area (Å²) in [4.78, 5) is 17.7. The van der Waals surface area contributed by atoms with Gasteiger partial charge in [0.05, 0.1) is 10.9 Å². The van der Waals surface area contributed by atoms with Crippen molar-refractivity contribution in [2.45, 2.75) is 28.5 Å². The zero-order chi connectivity index (χ0) is 24.6. The lowest BCUT2D eigenvalue weighted by atomic mass is 9.96. The van der Waals surface area contributed by atoms with Crippen molar-refractivity contribution in [1.82, 2.24) is 9.80 Å². The number of hydrogen-bond donors (Lipinski definition) is 0. The molecule has 3 aromatic carbocycles.